The largest absolute Gasteiger partial charge is 0.0991 e. The van der Waals surface area contributed by atoms with Gasteiger partial charge in [-0.2, -0.15) is 0 Å². The molecule has 0 aromatic carbocycles. The van der Waals surface area contributed by atoms with E-state index in [1.54, 1.807) is 0 Å². The van der Waals surface area contributed by atoms with Crippen LogP contribution in [-0.4, -0.2) is 0 Å². The fraction of sp³-hybridized carbons (Fsp3) is 0.412. The lowest BCUT2D eigenvalue weighted by atomic mass is 10.1. The normalized spacial score (nSPS) is 13.0. The quantitative estimate of drug-likeness (QED) is 0.105. The van der Waals surface area contributed by atoms with Gasteiger partial charge in [0.25, 0.3) is 0 Å². The van der Waals surface area contributed by atoms with Crippen LogP contribution in [0.3, 0.4) is 0 Å². The highest BCUT2D eigenvalue weighted by Gasteiger charge is 1.90. The Kier molecular flexibility index (Phi) is 26.3. The molecule has 0 atom stereocenters. The van der Waals surface area contributed by atoms with Gasteiger partial charge in [0.2, 0.25) is 0 Å². The van der Waals surface area contributed by atoms with Crippen molar-refractivity contribution in [2.75, 3.05) is 0 Å². The summed E-state index contributed by atoms with van der Waals surface area (Å²) in [5, 5.41) is 0. The average Bonchev–Trinajstić information content (AvgIpc) is 2.85. The molecule has 0 aliphatic carbocycles. The molecular formula is C34H50. The summed E-state index contributed by atoms with van der Waals surface area (Å²) >= 11 is 0. The van der Waals surface area contributed by atoms with Crippen LogP contribution in [0.25, 0.3) is 0 Å². The molecule has 0 heteroatoms. The van der Waals surface area contributed by atoms with E-state index in [0.29, 0.717) is 0 Å². The maximum Gasteiger partial charge on any atom is -0.0157 e. The first-order chi connectivity index (χ1) is 16.8. The number of allylic oxidation sites excluding steroid dienone is 17. The Labute approximate surface area is 212 Å². The first-order valence-corrected chi connectivity index (χ1v) is 13.4. The molecule has 0 N–H and O–H groups in total. The zero-order valence-electron chi connectivity index (χ0n) is 21.8. The fourth-order valence-electron chi connectivity index (χ4n) is 3.45. The number of rotatable bonds is 23. The Bertz CT molecular complexity index is 688. The second kappa shape index (κ2) is 28.4. The zero-order valence-corrected chi connectivity index (χ0v) is 21.8. The van der Waals surface area contributed by atoms with Crippen molar-refractivity contribution in [1.82, 2.24) is 0 Å². The zero-order chi connectivity index (χ0) is 24.8. The summed E-state index contributed by atoms with van der Waals surface area (Å²) in [6.45, 7) is 11.1. The first kappa shape index (κ1) is 31.4. The van der Waals surface area contributed by atoms with E-state index in [1.807, 2.05) is 36.5 Å². The van der Waals surface area contributed by atoms with Crippen molar-refractivity contribution in [1.29, 1.82) is 0 Å². The molecule has 0 aromatic rings. The molecule has 0 nitrogen and oxygen atoms in total. The van der Waals surface area contributed by atoms with Crippen LogP contribution in [-0.2, 0) is 0 Å². The van der Waals surface area contributed by atoms with E-state index in [-0.39, 0.29) is 0 Å². The monoisotopic (exact) mass is 458 g/mol. The molecular weight excluding hydrogens is 408 g/mol. The minimum absolute atomic E-state index is 0.933. The molecule has 0 spiro atoms. The predicted molar refractivity (Wildman–Crippen MR) is 158 cm³/mol. The minimum atomic E-state index is 0.933. The number of hydrogen-bond donors (Lipinski definition) is 0. The molecule has 34 heavy (non-hydrogen) atoms. The van der Waals surface area contributed by atoms with E-state index in [1.165, 1.54) is 76.2 Å². The molecule has 0 heterocycles. The maximum absolute atomic E-state index is 3.74. The standard InChI is InChI=1S/C34H50/c1-4-7-10-13-15-17-19-21-23-25-27-30-33-34(31-28-12-9-6-3)32-29-26-24-22-20-18-16-14-11-8-5-2/h4-12,25,27,29-33H,1-3,13-24,26,28H2. The second-order valence-corrected chi connectivity index (χ2v) is 8.46. The van der Waals surface area contributed by atoms with Crippen LogP contribution in [0, 0.1) is 0 Å². The maximum atomic E-state index is 3.74. The van der Waals surface area contributed by atoms with E-state index in [2.05, 4.69) is 80.5 Å². The number of unbranched alkanes of at least 4 members (excludes halogenated alkanes) is 11. The van der Waals surface area contributed by atoms with Gasteiger partial charge >= 0.3 is 0 Å². The smallest absolute Gasteiger partial charge is 0.0157 e. The van der Waals surface area contributed by atoms with Crippen LogP contribution in [0.5, 0.6) is 0 Å². The molecule has 0 aliphatic rings. The van der Waals surface area contributed by atoms with Gasteiger partial charge in [0.1, 0.15) is 0 Å². The van der Waals surface area contributed by atoms with Gasteiger partial charge < -0.3 is 0 Å². The van der Waals surface area contributed by atoms with Crippen molar-refractivity contribution < 1.29 is 0 Å². The van der Waals surface area contributed by atoms with Crippen molar-refractivity contribution in [3.8, 4) is 0 Å². The average molecular weight is 459 g/mol. The third kappa shape index (κ3) is 25.7. The predicted octanol–water partition coefficient (Wildman–Crippen LogP) is 11.3. The Hall–Kier alpha value is -2.60. The highest BCUT2D eigenvalue weighted by atomic mass is 14.0. The summed E-state index contributed by atoms with van der Waals surface area (Å²) in [5.41, 5.74) is 1.28. The van der Waals surface area contributed by atoms with E-state index < -0.39 is 0 Å². The summed E-state index contributed by atoms with van der Waals surface area (Å²) in [7, 11) is 0. The lowest BCUT2D eigenvalue weighted by molar-refractivity contribution is 0.622. The van der Waals surface area contributed by atoms with Crippen LogP contribution in [0.1, 0.15) is 89.9 Å². The van der Waals surface area contributed by atoms with Crippen LogP contribution in [0.15, 0.2) is 123 Å². The van der Waals surface area contributed by atoms with Crippen molar-refractivity contribution in [3.05, 3.63) is 123 Å². The second-order valence-electron chi connectivity index (χ2n) is 8.46. The molecule has 0 aromatic heterocycles. The molecule has 0 saturated heterocycles. The molecule has 0 bridgehead atoms. The number of hydrogen-bond acceptors (Lipinski definition) is 0. The van der Waals surface area contributed by atoms with Gasteiger partial charge in [-0.15, -0.1) is 0 Å². The van der Waals surface area contributed by atoms with Crippen LogP contribution in [0.2, 0.25) is 0 Å². The molecule has 0 fully saturated rings. The Balaban J connectivity index is 4.18. The van der Waals surface area contributed by atoms with Gasteiger partial charge in [-0.05, 0) is 63.4 Å². The van der Waals surface area contributed by atoms with Gasteiger partial charge in [-0.3, -0.25) is 0 Å². The third-order valence-corrected chi connectivity index (χ3v) is 5.39. The molecule has 186 valence electrons. The minimum Gasteiger partial charge on any atom is -0.0991 e. The summed E-state index contributed by atoms with van der Waals surface area (Å²) in [4.78, 5) is 0. The Morgan fingerprint density at radius 2 is 0.853 bits per heavy atom. The summed E-state index contributed by atoms with van der Waals surface area (Å²) < 4.78 is 0. The van der Waals surface area contributed by atoms with Crippen LogP contribution < -0.4 is 0 Å². The molecule has 0 saturated carbocycles. The summed E-state index contributed by atoms with van der Waals surface area (Å²) in [6, 6.07) is 0. The molecule has 0 rings (SSSR count). The highest BCUT2D eigenvalue weighted by Crippen LogP contribution is 2.10. The van der Waals surface area contributed by atoms with Crippen molar-refractivity contribution in [2.24, 2.45) is 0 Å². The fourth-order valence-corrected chi connectivity index (χ4v) is 3.45. The van der Waals surface area contributed by atoms with Gasteiger partial charge in [0.05, 0.1) is 0 Å². The van der Waals surface area contributed by atoms with Gasteiger partial charge in [-0.25, -0.2) is 0 Å². The molecule has 0 unspecified atom stereocenters. The SMILES string of the molecule is C=CC=CCC=C(C=CC=CCCCCCCC=CC=C)C=CCCCCCCCC=CC=C. The van der Waals surface area contributed by atoms with Crippen molar-refractivity contribution in [2.45, 2.75) is 89.9 Å². The Morgan fingerprint density at radius 3 is 1.38 bits per heavy atom. The van der Waals surface area contributed by atoms with E-state index >= 15 is 0 Å². The van der Waals surface area contributed by atoms with Crippen LogP contribution in [0.4, 0.5) is 0 Å². The van der Waals surface area contributed by atoms with Crippen LogP contribution >= 0.6 is 0 Å². The lowest BCUT2D eigenvalue weighted by Gasteiger charge is -1.99. The summed E-state index contributed by atoms with van der Waals surface area (Å²) in [5.74, 6) is 0. The Morgan fingerprint density at radius 1 is 0.412 bits per heavy atom. The van der Waals surface area contributed by atoms with Gasteiger partial charge in [0.15, 0.2) is 0 Å². The van der Waals surface area contributed by atoms with Gasteiger partial charge in [0, 0.05) is 0 Å². The van der Waals surface area contributed by atoms with Crippen molar-refractivity contribution >= 4 is 0 Å². The van der Waals surface area contributed by atoms with E-state index in [9.17, 15) is 0 Å². The van der Waals surface area contributed by atoms with Gasteiger partial charge in [-0.1, -0.05) is 149 Å². The van der Waals surface area contributed by atoms with E-state index in [0.717, 1.165) is 19.3 Å². The highest BCUT2D eigenvalue weighted by molar-refractivity contribution is 5.33. The summed E-state index contributed by atoms with van der Waals surface area (Å²) in [6.07, 6.45) is 51.2. The molecule has 0 aliphatic heterocycles. The lowest BCUT2D eigenvalue weighted by Crippen LogP contribution is -1.79. The molecule has 0 radical (unpaired) electrons. The van der Waals surface area contributed by atoms with Crippen molar-refractivity contribution in [3.63, 3.8) is 0 Å². The van der Waals surface area contributed by atoms with E-state index in [4.69, 9.17) is 0 Å². The first-order valence-electron chi connectivity index (χ1n) is 13.4. The topological polar surface area (TPSA) is 0 Å². The molecule has 0 amide bonds. The third-order valence-electron chi connectivity index (χ3n) is 5.39.